The van der Waals surface area contributed by atoms with Gasteiger partial charge in [0.15, 0.2) is 0 Å². The molecule has 1 N–H and O–H groups in total. The summed E-state index contributed by atoms with van der Waals surface area (Å²) in [6, 6.07) is 7.89. The van der Waals surface area contributed by atoms with Gasteiger partial charge in [0.05, 0.1) is 13.2 Å². The highest BCUT2D eigenvalue weighted by molar-refractivity contribution is 5.78. The number of hydrogen-bond acceptors (Lipinski definition) is 4. The average molecular weight is 304 g/mol. The lowest BCUT2D eigenvalue weighted by Crippen LogP contribution is -2.51. The Labute approximate surface area is 131 Å². The van der Waals surface area contributed by atoms with E-state index in [2.05, 4.69) is 5.32 Å². The first-order valence-corrected chi connectivity index (χ1v) is 7.99. The Balaban J connectivity index is 1.61. The molecule has 2 saturated heterocycles. The standard InChI is InChI=1S/C17H24N2O3/c1-21-15-6-4-13(5-7-15)10-19-11-16(22-12-17(19)20)14-3-2-8-18-9-14/h4-7,14,16,18H,2-3,8-12H2,1H3. The zero-order valence-electron chi connectivity index (χ0n) is 13.1. The van der Waals surface area contributed by atoms with E-state index in [1.165, 1.54) is 12.8 Å². The van der Waals surface area contributed by atoms with Crippen LogP contribution in [0.3, 0.4) is 0 Å². The predicted molar refractivity (Wildman–Crippen MR) is 83.7 cm³/mol. The minimum atomic E-state index is 0.0795. The molecule has 0 saturated carbocycles. The first-order valence-electron chi connectivity index (χ1n) is 7.99. The van der Waals surface area contributed by atoms with Crippen molar-refractivity contribution in [1.29, 1.82) is 0 Å². The molecule has 2 heterocycles. The van der Waals surface area contributed by atoms with E-state index in [-0.39, 0.29) is 18.6 Å². The molecule has 0 spiro atoms. The highest BCUT2D eigenvalue weighted by atomic mass is 16.5. The van der Waals surface area contributed by atoms with Gasteiger partial charge in [-0.1, -0.05) is 12.1 Å². The molecule has 3 rings (SSSR count). The van der Waals surface area contributed by atoms with Crippen LogP contribution < -0.4 is 10.1 Å². The number of rotatable bonds is 4. The number of methoxy groups -OCH3 is 1. The minimum absolute atomic E-state index is 0.0795. The van der Waals surface area contributed by atoms with E-state index in [9.17, 15) is 4.79 Å². The number of piperidine rings is 1. The van der Waals surface area contributed by atoms with Crippen molar-refractivity contribution in [2.45, 2.75) is 25.5 Å². The molecule has 1 aromatic carbocycles. The number of hydrogen-bond donors (Lipinski definition) is 1. The summed E-state index contributed by atoms with van der Waals surface area (Å²) in [5, 5.41) is 3.42. The molecule has 2 aliphatic rings. The van der Waals surface area contributed by atoms with Crippen molar-refractivity contribution in [3.63, 3.8) is 0 Å². The van der Waals surface area contributed by atoms with Gasteiger partial charge in [0.1, 0.15) is 12.4 Å². The van der Waals surface area contributed by atoms with Gasteiger partial charge < -0.3 is 19.7 Å². The second-order valence-corrected chi connectivity index (χ2v) is 6.08. The third-order valence-electron chi connectivity index (χ3n) is 4.57. The molecule has 5 nitrogen and oxygen atoms in total. The summed E-state index contributed by atoms with van der Waals surface area (Å²) in [4.78, 5) is 14.0. The van der Waals surface area contributed by atoms with Gasteiger partial charge in [0.25, 0.3) is 0 Å². The fourth-order valence-electron chi connectivity index (χ4n) is 3.23. The van der Waals surface area contributed by atoms with E-state index in [0.29, 0.717) is 19.0 Å². The number of morpholine rings is 1. The molecule has 2 aliphatic heterocycles. The number of amides is 1. The lowest BCUT2D eigenvalue weighted by atomic mass is 9.92. The monoisotopic (exact) mass is 304 g/mol. The Morgan fingerprint density at radius 2 is 2.18 bits per heavy atom. The van der Waals surface area contributed by atoms with Crippen LogP contribution in [0.2, 0.25) is 0 Å². The van der Waals surface area contributed by atoms with E-state index in [4.69, 9.17) is 9.47 Å². The molecule has 2 fully saturated rings. The molecule has 0 aromatic heterocycles. The Bertz CT molecular complexity index is 497. The molecule has 0 aliphatic carbocycles. The van der Waals surface area contributed by atoms with Crippen molar-refractivity contribution in [2.75, 3.05) is 33.4 Å². The van der Waals surface area contributed by atoms with Crippen molar-refractivity contribution in [1.82, 2.24) is 10.2 Å². The lowest BCUT2D eigenvalue weighted by Gasteiger charge is -2.38. The van der Waals surface area contributed by atoms with Crippen molar-refractivity contribution in [2.24, 2.45) is 5.92 Å². The van der Waals surface area contributed by atoms with Gasteiger partial charge in [-0.25, -0.2) is 0 Å². The van der Waals surface area contributed by atoms with Gasteiger partial charge in [-0.05, 0) is 43.0 Å². The Hall–Kier alpha value is -1.59. The SMILES string of the molecule is COc1ccc(CN2CC(C3CCCNC3)OCC2=O)cc1. The van der Waals surface area contributed by atoms with Gasteiger partial charge in [-0.2, -0.15) is 0 Å². The van der Waals surface area contributed by atoms with Gasteiger partial charge in [0, 0.05) is 19.6 Å². The van der Waals surface area contributed by atoms with Crippen LogP contribution in [0.1, 0.15) is 18.4 Å². The van der Waals surface area contributed by atoms with Gasteiger partial charge in [-0.3, -0.25) is 4.79 Å². The van der Waals surface area contributed by atoms with E-state index >= 15 is 0 Å². The number of carbonyl (C=O) groups excluding carboxylic acids is 1. The number of nitrogens with zero attached hydrogens (tertiary/aromatic N) is 1. The van der Waals surface area contributed by atoms with Crippen molar-refractivity contribution < 1.29 is 14.3 Å². The Morgan fingerprint density at radius 1 is 1.36 bits per heavy atom. The van der Waals surface area contributed by atoms with Gasteiger partial charge in [0.2, 0.25) is 5.91 Å². The number of nitrogens with one attached hydrogen (secondary N) is 1. The van der Waals surface area contributed by atoms with Crippen LogP contribution >= 0.6 is 0 Å². The maximum Gasteiger partial charge on any atom is 0.248 e. The highest BCUT2D eigenvalue weighted by Gasteiger charge is 2.32. The van der Waals surface area contributed by atoms with Crippen LogP contribution in [-0.4, -0.2) is 50.3 Å². The third-order valence-corrected chi connectivity index (χ3v) is 4.57. The maximum absolute atomic E-state index is 12.1. The normalized spacial score (nSPS) is 26.0. The zero-order valence-corrected chi connectivity index (χ0v) is 13.1. The molecule has 0 bridgehead atoms. The summed E-state index contributed by atoms with van der Waals surface area (Å²) in [6.07, 6.45) is 2.53. The van der Waals surface area contributed by atoms with Crippen LogP contribution in [0.25, 0.3) is 0 Å². The predicted octanol–water partition coefficient (Wildman–Crippen LogP) is 1.42. The molecule has 1 amide bonds. The molecule has 5 heteroatoms. The fraction of sp³-hybridized carbons (Fsp3) is 0.588. The summed E-state index contributed by atoms with van der Waals surface area (Å²) >= 11 is 0. The molecule has 2 atom stereocenters. The van der Waals surface area contributed by atoms with Gasteiger partial charge in [-0.15, -0.1) is 0 Å². The van der Waals surface area contributed by atoms with Crippen LogP contribution in [0.5, 0.6) is 5.75 Å². The van der Waals surface area contributed by atoms with Crippen LogP contribution in [0, 0.1) is 5.92 Å². The number of benzene rings is 1. The van der Waals surface area contributed by atoms with E-state index in [1.807, 2.05) is 29.2 Å². The summed E-state index contributed by atoms with van der Waals surface area (Å²) in [5.41, 5.74) is 1.12. The first kappa shape index (κ1) is 15.3. The second-order valence-electron chi connectivity index (χ2n) is 6.08. The zero-order chi connectivity index (χ0) is 15.4. The topological polar surface area (TPSA) is 50.8 Å². The molecular weight excluding hydrogens is 280 g/mol. The summed E-state index contributed by atoms with van der Waals surface area (Å²) in [5.74, 6) is 1.43. The van der Waals surface area contributed by atoms with Crippen molar-refractivity contribution in [3.05, 3.63) is 29.8 Å². The number of carbonyl (C=O) groups is 1. The fourth-order valence-corrected chi connectivity index (χ4v) is 3.23. The quantitative estimate of drug-likeness (QED) is 0.914. The summed E-state index contributed by atoms with van der Waals surface area (Å²) in [6.45, 7) is 3.63. The average Bonchev–Trinajstić information content (AvgIpc) is 2.58. The summed E-state index contributed by atoms with van der Waals surface area (Å²) < 4.78 is 11.0. The number of ether oxygens (including phenoxy) is 2. The van der Waals surface area contributed by atoms with Crippen LogP contribution in [0.15, 0.2) is 24.3 Å². The van der Waals surface area contributed by atoms with Crippen LogP contribution in [-0.2, 0) is 16.1 Å². The highest BCUT2D eigenvalue weighted by Crippen LogP contribution is 2.22. The molecule has 0 radical (unpaired) electrons. The Morgan fingerprint density at radius 3 is 2.86 bits per heavy atom. The second kappa shape index (κ2) is 7.11. The van der Waals surface area contributed by atoms with Crippen molar-refractivity contribution >= 4 is 5.91 Å². The first-order chi connectivity index (χ1) is 10.8. The minimum Gasteiger partial charge on any atom is -0.497 e. The molecule has 120 valence electrons. The summed E-state index contributed by atoms with van der Waals surface area (Å²) in [7, 11) is 1.66. The molecule has 2 unspecified atom stereocenters. The largest absolute Gasteiger partial charge is 0.497 e. The van der Waals surface area contributed by atoms with E-state index in [0.717, 1.165) is 24.4 Å². The smallest absolute Gasteiger partial charge is 0.248 e. The molecule has 1 aromatic rings. The van der Waals surface area contributed by atoms with Crippen LogP contribution in [0.4, 0.5) is 0 Å². The van der Waals surface area contributed by atoms with E-state index < -0.39 is 0 Å². The Kier molecular flexibility index (Phi) is 4.95. The third kappa shape index (κ3) is 3.59. The van der Waals surface area contributed by atoms with Gasteiger partial charge >= 0.3 is 0 Å². The van der Waals surface area contributed by atoms with E-state index in [1.54, 1.807) is 7.11 Å². The van der Waals surface area contributed by atoms with Crippen molar-refractivity contribution in [3.8, 4) is 5.75 Å². The molecular formula is C17H24N2O3. The molecule has 22 heavy (non-hydrogen) atoms. The maximum atomic E-state index is 12.1. The lowest BCUT2D eigenvalue weighted by molar-refractivity contribution is -0.153.